The summed E-state index contributed by atoms with van der Waals surface area (Å²) in [6.07, 6.45) is 3.71. The van der Waals surface area contributed by atoms with Crippen molar-refractivity contribution in [2.45, 2.75) is 33.7 Å². The van der Waals surface area contributed by atoms with E-state index in [1.54, 1.807) is 35.9 Å². The lowest BCUT2D eigenvalue weighted by Gasteiger charge is -2.25. The fourth-order valence-corrected chi connectivity index (χ4v) is 6.62. The molecule has 0 radical (unpaired) electrons. The van der Waals surface area contributed by atoms with Crippen LogP contribution in [0.3, 0.4) is 0 Å². The first kappa shape index (κ1) is 33.4. The van der Waals surface area contributed by atoms with Crippen LogP contribution in [0.2, 0.25) is 0 Å². The molecule has 0 saturated heterocycles. The summed E-state index contributed by atoms with van der Waals surface area (Å²) in [5.41, 5.74) is 4.49. The largest absolute Gasteiger partial charge is 0.494 e. The molecular weight excluding hydrogens is 641 g/mol. The Bertz CT molecular complexity index is 2210. The van der Waals surface area contributed by atoms with Crippen LogP contribution in [0.1, 0.15) is 55.2 Å². The van der Waals surface area contributed by atoms with Gasteiger partial charge in [-0.1, -0.05) is 55.5 Å². The Morgan fingerprint density at radius 1 is 0.980 bits per heavy atom. The quantitative estimate of drug-likeness (QED) is 0.180. The van der Waals surface area contributed by atoms with Gasteiger partial charge in [0.25, 0.3) is 5.56 Å². The average molecular weight is 677 g/mol. The van der Waals surface area contributed by atoms with E-state index in [9.17, 15) is 14.4 Å². The summed E-state index contributed by atoms with van der Waals surface area (Å²) in [5.74, 6) is -0.169. The number of carbonyl (C=O) groups is 2. The number of rotatable bonds is 10. The second-order valence-electron chi connectivity index (χ2n) is 11.9. The van der Waals surface area contributed by atoms with Gasteiger partial charge in [0.05, 0.1) is 53.4 Å². The van der Waals surface area contributed by atoms with Gasteiger partial charge in [0.15, 0.2) is 4.80 Å². The van der Waals surface area contributed by atoms with E-state index in [0.717, 1.165) is 22.6 Å². The predicted octanol–water partition coefficient (Wildman–Crippen LogP) is 5.47. The van der Waals surface area contributed by atoms with E-state index >= 15 is 0 Å². The van der Waals surface area contributed by atoms with Gasteiger partial charge in [-0.2, -0.15) is 5.10 Å². The molecule has 0 saturated carbocycles. The Labute approximate surface area is 287 Å². The monoisotopic (exact) mass is 676 g/mol. The molecule has 6 rings (SSSR count). The highest BCUT2D eigenvalue weighted by atomic mass is 32.1. The van der Waals surface area contributed by atoms with E-state index < -0.39 is 18.0 Å². The number of hydrogen-bond donors (Lipinski definition) is 0. The van der Waals surface area contributed by atoms with Crippen molar-refractivity contribution in [3.8, 4) is 22.7 Å². The van der Waals surface area contributed by atoms with Crippen LogP contribution in [0.15, 0.2) is 106 Å². The van der Waals surface area contributed by atoms with Gasteiger partial charge in [-0.05, 0) is 79.9 Å². The highest BCUT2D eigenvalue weighted by Gasteiger charge is 2.33. The molecule has 0 aliphatic carbocycles. The molecule has 2 aromatic heterocycles. The van der Waals surface area contributed by atoms with Crippen LogP contribution in [0.25, 0.3) is 23.0 Å². The number of allylic oxidation sites excluding steroid dienone is 1. The zero-order chi connectivity index (χ0) is 34.7. The van der Waals surface area contributed by atoms with Crippen molar-refractivity contribution in [1.82, 2.24) is 14.3 Å². The van der Waals surface area contributed by atoms with Gasteiger partial charge in [-0.3, -0.25) is 9.36 Å². The Hall–Kier alpha value is -5.55. The van der Waals surface area contributed by atoms with Crippen LogP contribution in [-0.2, 0) is 14.3 Å². The van der Waals surface area contributed by atoms with Gasteiger partial charge in [0.2, 0.25) is 0 Å². The van der Waals surface area contributed by atoms with E-state index in [-0.39, 0.29) is 23.7 Å². The maximum Gasteiger partial charge on any atom is 0.338 e. The summed E-state index contributed by atoms with van der Waals surface area (Å²) in [4.78, 5) is 45.3. The standard InChI is InChI=1S/C38H36N4O6S/c1-6-47-30-18-16-25(17-19-30)33-28(21-41(40-33)29-10-8-7-9-11-29)20-31-35(43)42-34(26-12-14-27(15-13-26)36(44)46-5)32(24(4)39-38(42)49-31)37(45)48-22-23(2)3/h7-21,23,34H,6,22H2,1-5H3/b31-20-. The minimum absolute atomic E-state index is 0.116. The van der Waals surface area contributed by atoms with Crippen molar-refractivity contribution < 1.29 is 23.8 Å². The number of methoxy groups -OCH3 is 1. The zero-order valence-corrected chi connectivity index (χ0v) is 28.7. The molecule has 1 atom stereocenters. The van der Waals surface area contributed by atoms with Crippen molar-refractivity contribution in [2.75, 3.05) is 20.3 Å². The molecule has 11 heteroatoms. The van der Waals surface area contributed by atoms with Gasteiger partial charge < -0.3 is 14.2 Å². The van der Waals surface area contributed by atoms with E-state index in [2.05, 4.69) is 0 Å². The summed E-state index contributed by atoms with van der Waals surface area (Å²) in [6.45, 7) is 8.35. The van der Waals surface area contributed by atoms with Crippen molar-refractivity contribution in [3.63, 3.8) is 0 Å². The maximum atomic E-state index is 14.4. The number of benzene rings is 3. The van der Waals surface area contributed by atoms with E-state index in [1.807, 2.05) is 87.6 Å². The van der Waals surface area contributed by atoms with E-state index in [0.29, 0.717) is 38.5 Å². The summed E-state index contributed by atoms with van der Waals surface area (Å²) >= 11 is 1.23. The molecule has 3 aromatic carbocycles. The SMILES string of the molecule is CCOc1ccc(-c2nn(-c3ccccc3)cc2/C=c2\sc3n(c2=O)C(c2ccc(C(=O)OC)cc2)C(C(=O)OCC(C)C)=C(C)N=3)cc1. The minimum Gasteiger partial charge on any atom is -0.494 e. The highest BCUT2D eigenvalue weighted by Crippen LogP contribution is 2.31. The molecule has 3 heterocycles. The number of hydrogen-bond acceptors (Lipinski definition) is 9. The topological polar surface area (TPSA) is 114 Å². The number of carbonyl (C=O) groups excluding carboxylic acids is 2. The average Bonchev–Trinajstić information content (AvgIpc) is 3.67. The molecule has 0 bridgehead atoms. The van der Waals surface area contributed by atoms with Crippen molar-refractivity contribution >= 4 is 29.4 Å². The maximum absolute atomic E-state index is 14.4. The number of nitrogens with zero attached hydrogens (tertiary/aromatic N) is 4. The molecule has 0 spiro atoms. The van der Waals surface area contributed by atoms with Crippen LogP contribution >= 0.6 is 11.3 Å². The molecule has 1 aliphatic heterocycles. The molecule has 1 aliphatic rings. The van der Waals surface area contributed by atoms with Gasteiger partial charge in [0, 0.05) is 17.3 Å². The number of fused-ring (bicyclic) bond motifs is 1. The van der Waals surface area contributed by atoms with Crippen LogP contribution in [-0.4, -0.2) is 46.6 Å². The zero-order valence-electron chi connectivity index (χ0n) is 27.9. The third kappa shape index (κ3) is 6.88. The smallest absolute Gasteiger partial charge is 0.338 e. The van der Waals surface area contributed by atoms with E-state index in [4.69, 9.17) is 24.3 Å². The second-order valence-corrected chi connectivity index (χ2v) is 12.9. The fraction of sp³-hybridized carbons (Fsp3) is 0.237. The minimum atomic E-state index is -0.831. The lowest BCUT2D eigenvalue weighted by Crippen LogP contribution is -2.40. The molecule has 250 valence electrons. The number of aromatic nitrogens is 3. The summed E-state index contributed by atoms with van der Waals surface area (Å²) in [6, 6.07) is 23.3. The molecule has 0 N–H and O–H groups in total. The fourth-order valence-electron chi connectivity index (χ4n) is 5.58. The van der Waals surface area contributed by atoms with Crippen LogP contribution in [0.5, 0.6) is 5.75 Å². The van der Waals surface area contributed by atoms with Crippen molar-refractivity contribution in [2.24, 2.45) is 10.9 Å². The molecule has 5 aromatic rings. The summed E-state index contributed by atoms with van der Waals surface area (Å²) in [7, 11) is 1.31. The molecule has 49 heavy (non-hydrogen) atoms. The third-order valence-corrected chi connectivity index (χ3v) is 8.91. The van der Waals surface area contributed by atoms with Gasteiger partial charge in [-0.15, -0.1) is 0 Å². The lowest BCUT2D eigenvalue weighted by molar-refractivity contribution is -0.140. The molecule has 0 amide bonds. The highest BCUT2D eigenvalue weighted by molar-refractivity contribution is 7.07. The Kier molecular flexibility index (Phi) is 9.72. The Balaban J connectivity index is 1.51. The normalized spacial score (nSPS) is 14.4. The van der Waals surface area contributed by atoms with Crippen molar-refractivity contribution in [3.05, 3.63) is 133 Å². The first-order valence-electron chi connectivity index (χ1n) is 15.9. The molecular formula is C38H36N4O6S. The molecule has 0 fully saturated rings. The van der Waals surface area contributed by atoms with Crippen LogP contribution in [0.4, 0.5) is 0 Å². The van der Waals surface area contributed by atoms with Gasteiger partial charge in [0.1, 0.15) is 11.4 Å². The molecule has 1 unspecified atom stereocenters. The molecule has 10 nitrogen and oxygen atoms in total. The van der Waals surface area contributed by atoms with Crippen molar-refractivity contribution in [1.29, 1.82) is 0 Å². The first-order chi connectivity index (χ1) is 23.7. The van der Waals surface area contributed by atoms with E-state index in [1.165, 1.54) is 23.0 Å². The van der Waals surface area contributed by atoms with Crippen LogP contribution in [0, 0.1) is 5.92 Å². The predicted molar refractivity (Wildman–Crippen MR) is 188 cm³/mol. The number of esters is 2. The first-order valence-corrected chi connectivity index (χ1v) is 16.8. The summed E-state index contributed by atoms with van der Waals surface area (Å²) in [5, 5.41) is 4.92. The van der Waals surface area contributed by atoms with Crippen LogP contribution < -0.4 is 19.6 Å². The lowest BCUT2D eigenvalue weighted by atomic mass is 9.95. The summed E-state index contributed by atoms with van der Waals surface area (Å²) < 4.78 is 19.9. The number of para-hydroxylation sites is 1. The van der Waals surface area contributed by atoms with Gasteiger partial charge in [-0.25, -0.2) is 19.3 Å². The van der Waals surface area contributed by atoms with Gasteiger partial charge >= 0.3 is 11.9 Å². The number of thiazole rings is 1. The number of ether oxygens (including phenoxy) is 3. The third-order valence-electron chi connectivity index (χ3n) is 7.93. The Morgan fingerprint density at radius 3 is 2.35 bits per heavy atom. The Morgan fingerprint density at radius 2 is 1.69 bits per heavy atom. The second kappa shape index (κ2) is 14.3.